The lowest BCUT2D eigenvalue weighted by Gasteiger charge is -2.28. The summed E-state index contributed by atoms with van der Waals surface area (Å²) < 4.78 is 0. The fourth-order valence-electron chi connectivity index (χ4n) is 3.37. The van der Waals surface area contributed by atoms with Crippen LogP contribution in [-0.4, -0.2) is 29.4 Å². The number of nitrogens with one attached hydrogen (secondary N) is 2. The fourth-order valence-corrected chi connectivity index (χ4v) is 5.93. The van der Waals surface area contributed by atoms with Gasteiger partial charge in [-0.2, -0.15) is 0 Å². The molecular weight excluding hydrogens is 314 g/mol. The zero-order valence-electron chi connectivity index (χ0n) is 12.7. The van der Waals surface area contributed by atoms with E-state index in [1.54, 1.807) is 18.4 Å². The third-order valence-electron chi connectivity index (χ3n) is 4.73. The van der Waals surface area contributed by atoms with Crippen molar-refractivity contribution in [2.24, 2.45) is 5.92 Å². The van der Waals surface area contributed by atoms with Crippen molar-refractivity contribution in [2.45, 2.75) is 37.0 Å². The number of aryl methyl sites for hydroxylation is 1. The van der Waals surface area contributed by atoms with Crippen LogP contribution in [0.4, 0.5) is 0 Å². The number of carbonyl (C=O) groups excluding carboxylic acids is 1. The standard InChI is InChI=1S/C16H19N3OS2/c1-9-7-12(21-8-9)11-5-6-13(22-11)16(10-3-4-10)14(20)19(2)15(17)18-16/h6-8,10-11H,3-5H2,1-2H3,(H2,17,18). The van der Waals surface area contributed by atoms with E-state index in [4.69, 9.17) is 5.41 Å². The van der Waals surface area contributed by atoms with Gasteiger partial charge in [-0.1, -0.05) is 6.08 Å². The quantitative estimate of drug-likeness (QED) is 0.892. The van der Waals surface area contributed by atoms with Gasteiger partial charge in [0.15, 0.2) is 11.5 Å². The van der Waals surface area contributed by atoms with Crippen LogP contribution < -0.4 is 5.32 Å². The third-order valence-corrected chi connectivity index (χ3v) is 7.51. The number of amides is 1. The monoisotopic (exact) mass is 333 g/mol. The van der Waals surface area contributed by atoms with E-state index in [-0.39, 0.29) is 11.9 Å². The van der Waals surface area contributed by atoms with Gasteiger partial charge in [0.25, 0.3) is 5.91 Å². The van der Waals surface area contributed by atoms with Gasteiger partial charge in [-0.3, -0.25) is 15.1 Å². The molecule has 0 spiro atoms. The SMILES string of the molecule is Cc1csc(C2CC=C(C3(C4CC4)NC(=N)N(C)C3=O)S2)c1. The first-order chi connectivity index (χ1) is 10.5. The Labute approximate surface area is 138 Å². The number of thiophene rings is 1. The van der Waals surface area contributed by atoms with Crippen molar-refractivity contribution in [3.05, 3.63) is 32.9 Å². The zero-order chi connectivity index (χ0) is 15.5. The van der Waals surface area contributed by atoms with Gasteiger partial charge in [0.05, 0.1) is 0 Å². The first kappa shape index (κ1) is 14.3. The van der Waals surface area contributed by atoms with Crippen molar-refractivity contribution in [3.63, 3.8) is 0 Å². The van der Waals surface area contributed by atoms with Crippen molar-refractivity contribution >= 4 is 35.0 Å². The summed E-state index contributed by atoms with van der Waals surface area (Å²) in [5.41, 5.74) is 0.653. The molecule has 2 aliphatic heterocycles. The van der Waals surface area contributed by atoms with Gasteiger partial charge in [-0.25, -0.2) is 0 Å². The van der Waals surface area contributed by atoms with Gasteiger partial charge < -0.3 is 5.32 Å². The maximum absolute atomic E-state index is 12.8. The van der Waals surface area contributed by atoms with E-state index in [0.29, 0.717) is 11.2 Å². The minimum Gasteiger partial charge on any atom is -0.337 e. The maximum Gasteiger partial charge on any atom is 0.260 e. The lowest BCUT2D eigenvalue weighted by atomic mass is 9.91. The number of hydrogen-bond donors (Lipinski definition) is 2. The van der Waals surface area contributed by atoms with Crippen LogP contribution >= 0.6 is 23.1 Å². The average molecular weight is 333 g/mol. The van der Waals surface area contributed by atoms with E-state index in [9.17, 15) is 4.79 Å². The zero-order valence-corrected chi connectivity index (χ0v) is 14.3. The van der Waals surface area contributed by atoms with Crippen LogP contribution in [0.3, 0.4) is 0 Å². The van der Waals surface area contributed by atoms with Gasteiger partial charge in [-0.05, 0) is 49.1 Å². The summed E-state index contributed by atoms with van der Waals surface area (Å²) in [5, 5.41) is 13.8. The lowest BCUT2D eigenvalue weighted by molar-refractivity contribution is -0.129. The molecule has 2 atom stereocenters. The van der Waals surface area contributed by atoms with Crippen molar-refractivity contribution in [1.82, 2.24) is 10.2 Å². The van der Waals surface area contributed by atoms with Crippen LogP contribution in [-0.2, 0) is 4.79 Å². The van der Waals surface area contributed by atoms with Gasteiger partial charge in [0.1, 0.15) is 0 Å². The molecule has 6 heteroatoms. The van der Waals surface area contributed by atoms with Gasteiger partial charge >= 0.3 is 0 Å². The number of likely N-dealkylation sites (N-methyl/N-ethyl adjacent to an activating group) is 1. The first-order valence-electron chi connectivity index (χ1n) is 7.59. The number of hydrogen-bond acceptors (Lipinski definition) is 4. The molecule has 2 unspecified atom stereocenters. The van der Waals surface area contributed by atoms with Crippen molar-refractivity contribution in [1.29, 1.82) is 5.41 Å². The molecule has 116 valence electrons. The molecule has 2 fully saturated rings. The molecule has 2 N–H and O–H groups in total. The Hall–Kier alpha value is -1.27. The molecular formula is C16H19N3OS2. The molecule has 1 aromatic heterocycles. The molecule has 4 rings (SSSR count). The van der Waals surface area contributed by atoms with Gasteiger partial charge in [-0.15, -0.1) is 23.1 Å². The van der Waals surface area contributed by atoms with Crippen LogP contribution in [0.25, 0.3) is 0 Å². The van der Waals surface area contributed by atoms with Gasteiger partial charge in [0.2, 0.25) is 0 Å². The van der Waals surface area contributed by atoms with Crippen molar-refractivity contribution in [3.8, 4) is 0 Å². The van der Waals surface area contributed by atoms with Crippen LogP contribution in [0.5, 0.6) is 0 Å². The summed E-state index contributed by atoms with van der Waals surface area (Å²) >= 11 is 3.62. The molecule has 1 aliphatic carbocycles. The summed E-state index contributed by atoms with van der Waals surface area (Å²) in [6, 6.07) is 2.25. The second kappa shape index (κ2) is 4.86. The lowest BCUT2D eigenvalue weighted by Crippen LogP contribution is -2.49. The Bertz CT molecular complexity index is 691. The molecule has 1 amide bonds. The Morgan fingerprint density at radius 1 is 1.45 bits per heavy atom. The molecule has 0 bridgehead atoms. The molecule has 3 heterocycles. The maximum atomic E-state index is 12.8. The Kier molecular flexibility index (Phi) is 3.17. The molecule has 4 nitrogen and oxygen atoms in total. The van der Waals surface area contributed by atoms with Crippen LogP contribution in [0, 0.1) is 18.3 Å². The number of guanidine groups is 1. The molecule has 22 heavy (non-hydrogen) atoms. The normalized spacial score (nSPS) is 31.6. The Morgan fingerprint density at radius 3 is 2.77 bits per heavy atom. The molecule has 1 saturated carbocycles. The predicted molar refractivity (Wildman–Crippen MR) is 91.2 cm³/mol. The molecule has 3 aliphatic rings. The number of allylic oxidation sites excluding steroid dienone is 1. The highest BCUT2D eigenvalue weighted by Crippen LogP contribution is 2.56. The second-order valence-corrected chi connectivity index (χ2v) is 8.54. The summed E-state index contributed by atoms with van der Waals surface area (Å²) in [6.45, 7) is 2.12. The van der Waals surface area contributed by atoms with Crippen LogP contribution in [0.15, 0.2) is 22.4 Å². The van der Waals surface area contributed by atoms with Crippen molar-refractivity contribution in [2.75, 3.05) is 7.05 Å². The number of nitrogens with zero attached hydrogens (tertiary/aromatic N) is 1. The minimum absolute atomic E-state index is 0.0433. The molecule has 0 radical (unpaired) electrons. The smallest absolute Gasteiger partial charge is 0.260 e. The molecule has 1 aromatic rings. The number of thioether (sulfide) groups is 1. The summed E-state index contributed by atoms with van der Waals surface area (Å²) in [4.78, 5) is 16.8. The summed E-state index contributed by atoms with van der Waals surface area (Å²) in [6.07, 6.45) is 5.33. The average Bonchev–Trinajstić information content (AvgIpc) is 2.99. The largest absolute Gasteiger partial charge is 0.337 e. The van der Waals surface area contributed by atoms with Gasteiger partial charge in [0, 0.05) is 22.1 Å². The Balaban J connectivity index is 1.63. The molecule has 0 aromatic carbocycles. The predicted octanol–water partition coefficient (Wildman–Crippen LogP) is 3.26. The van der Waals surface area contributed by atoms with E-state index in [2.05, 4.69) is 29.8 Å². The van der Waals surface area contributed by atoms with Crippen LogP contribution in [0.2, 0.25) is 0 Å². The molecule has 1 saturated heterocycles. The number of carbonyl (C=O) groups is 1. The van der Waals surface area contributed by atoms with E-state index >= 15 is 0 Å². The van der Waals surface area contributed by atoms with E-state index in [0.717, 1.165) is 24.2 Å². The first-order valence-corrected chi connectivity index (χ1v) is 9.35. The second-order valence-electron chi connectivity index (χ2n) is 6.36. The topological polar surface area (TPSA) is 56.2 Å². The summed E-state index contributed by atoms with van der Waals surface area (Å²) in [5.74, 6) is 0.614. The Morgan fingerprint density at radius 2 is 2.23 bits per heavy atom. The van der Waals surface area contributed by atoms with E-state index < -0.39 is 5.54 Å². The number of rotatable bonds is 3. The highest BCUT2D eigenvalue weighted by Gasteiger charge is 2.60. The van der Waals surface area contributed by atoms with Crippen LogP contribution in [0.1, 0.15) is 35.0 Å². The highest BCUT2D eigenvalue weighted by atomic mass is 32.2. The third kappa shape index (κ3) is 1.97. The van der Waals surface area contributed by atoms with Crippen molar-refractivity contribution < 1.29 is 4.79 Å². The van der Waals surface area contributed by atoms with E-state index in [1.165, 1.54) is 15.3 Å². The fraction of sp³-hybridized carbons (Fsp3) is 0.500. The minimum atomic E-state index is -0.655. The highest BCUT2D eigenvalue weighted by molar-refractivity contribution is 8.03. The summed E-state index contributed by atoms with van der Waals surface area (Å²) in [7, 11) is 1.70. The van der Waals surface area contributed by atoms with E-state index in [1.807, 2.05) is 11.8 Å².